The van der Waals surface area contributed by atoms with E-state index in [0.29, 0.717) is 6.61 Å². The van der Waals surface area contributed by atoms with Crippen molar-refractivity contribution in [2.45, 2.75) is 63.0 Å². The molecule has 2 saturated heterocycles. The molecular weight excluding hydrogens is 491 g/mol. The van der Waals surface area contributed by atoms with Crippen molar-refractivity contribution in [3.63, 3.8) is 0 Å². The predicted molar refractivity (Wildman–Crippen MR) is 140 cm³/mol. The first-order chi connectivity index (χ1) is 17.9. The molecule has 0 saturated carbocycles. The van der Waals surface area contributed by atoms with Gasteiger partial charge in [0, 0.05) is 0 Å². The van der Waals surface area contributed by atoms with E-state index in [1.165, 1.54) is 0 Å². The van der Waals surface area contributed by atoms with Crippen molar-refractivity contribution >= 4 is 5.97 Å². The molecule has 0 radical (unpaired) electrons. The molecule has 1 unspecified atom stereocenters. The Morgan fingerprint density at radius 2 is 1.26 bits per heavy atom. The minimum Gasteiger partial charge on any atom is -1.00 e. The van der Waals surface area contributed by atoms with Gasteiger partial charge in [-0.15, -0.1) is 0 Å². The molecule has 3 aromatic carbocycles. The number of hydrogen-bond acceptors (Lipinski definition) is 6. The van der Waals surface area contributed by atoms with E-state index >= 15 is 0 Å². The molecule has 3 aromatic rings. The molecule has 2 aliphatic rings. The summed E-state index contributed by atoms with van der Waals surface area (Å²) in [6.07, 6.45) is -1.55. The third-order valence-electron chi connectivity index (χ3n) is 6.92. The molecule has 196 valence electrons. The number of hydrogen-bond donors (Lipinski definition) is 0. The molecule has 0 aromatic heterocycles. The van der Waals surface area contributed by atoms with Crippen LogP contribution >= 0.6 is 0 Å². The first-order valence-electron chi connectivity index (χ1n) is 12.9. The Hall–Kier alpha value is -2.03. The van der Waals surface area contributed by atoms with Gasteiger partial charge < -0.3 is 25.1 Å². The molecule has 2 heterocycles. The second-order valence-corrected chi connectivity index (χ2v) is 9.88. The first-order valence-corrected chi connectivity index (χ1v) is 12.9. The Bertz CT molecular complexity index is 1080. The second kappa shape index (κ2) is 12.4. The summed E-state index contributed by atoms with van der Waals surface area (Å²) < 4.78 is 30.9. The molecule has 2 aliphatic heterocycles. The summed E-state index contributed by atoms with van der Waals surface area (Å²) in [7, 11) is 0. The van der Waals surface area contributed by atoms with Gasteiger partial charge in [0.15, 0.2) is 5.79 Å². The fraction of sp³-hybridized carbons (Fsp3) is 0.387. The summed E-state index contributed by atoms with van der Waals surface area (Å²) in [5.74, 6) is -1.09. The van der Waals surface area contributed by atoms with Gasteiger partial charge in [-0.25, -0.2) is 0 Å². The van der Waals surface area contributed by atoms with Crippen LogP contribution in [-0.4, -0.2) is 49.4 Å². The van der Waals surface area contributed by atoms with Gasteiger partial charge in [-0.3, -0.25) is 4.79 Å². The molecule has 0 aliphatic carbocycles. The number of benzene rings is 3. The average Bonchev–Trinajstić information content (AvgIpc) is 3.39. The summed E-state index contributed by atoms with van der Waals surface area (Å²) >= 11 is 0. The number of fused-ring (bicyclic) bond motifs is 1. The molecule has 0 N–H and O–H groups in total. The Kier molecular flexibility index (Phi) is 9.48. The van der Waals surface area contributed by atoms with Crippen molar-refractivity contribution in [3.05, 3.63) is 108 Å². The topological polar surface area (TPSA) is 63.2 Å². The van der Waals surface area contributed by atoms with E-state index < -0.39 is 23.6 Å². The summed E-state index contributed by atoms with van der Waals surface area (Å²) in [5, 5.41) is 0. The molecule has 4 atom stereocenters. The van der Waals surface area contributed by atoms with Gasteiger partial charge in [-0.1, -0.05) is 91.0 Å². The Labute approximate surface area is 248 Å². The molecule has 0 bridgehead atoms. The predicted octanol–water partition coefficient (Wildman–Crippen LogP) is 2.35. The van der Waals surface area contributed by atoms with Crippen molar-refractivity contribution in [3.8, 4) is 0 Å². The smallest absolute Gasteiger partial charge is 1.00 e. The third-order valence-corrected chi connectivity index (χ3v) is 6.92. The molecular formula is C31H35NaO6. The third kappa shape index (κ3) is 5.92. The second-order valence-electron chi connectivity index (χ2n) is 9.88. The average molecular weight is 527 g/mol. The van der Waals surface area contributed by atoms with E-state index in [4.69, 9.17) is 23.7 Å². The van der Waals surface area contributed by atoms with Crippen LogP contribution in [0.2, 0.25) is 0 Å². The minimum atomic E-state index is -0.878. The number of ether oxygens (including phenoxy) is 5. The van der Waals surface area contributed by atoms with Crippen LogP contribution < -0.4 is 29.6 Å². The van der Waals surface area contributed by atoms with Crippen molar-refractivity contribution in [1.29, 1.82) is 0 Å². The Morgan fingerprint density at radius 1 is 0.816 bits per heavy atom. The SMILES string of the molecule is CCOC(=O)CC1O[C@H](COC(c2ccccc2)(c2ccccc2)c2ccccc2)[C@H]2OC(C)(C)O[C@@H]12.[H-].[Na+]. The Morgan fingerprint density at radius 3 is 1.71 bits per heavy atom. The quantitative estimate of drug-likeness (QED) is 0.242. The van der Waals surface area contributed by atoms with Crippen LogP contribution in [0, 0.1) is 0 Å². The van der Waals surface area contributed by atoms with Crippen molar-refractivity contribution in [2.75, 3.05) is 13.2 Å². The van der Waals surface area contributed by atoms with E-state index in [9.17, 15) is 4.79 Å². The van der Waals surface area contributed by atoms with Gasteiger partial charge in [0.05, 0.1) is 25.7 Å². The summed E-state index contributed by atoms with van der Waals surface area (Å²) in [6.45, 7) is 6.11. The number of rotatable bonds is 9. The standard InChI is InChI=1S/C31H34O6.Na.H/c1-4-33-27(32)20-25-28-29(37-30(2,3)36-28)26(35-25)21-34-31(22-14-8-5-9-15-22,23-16-10-6-11-17-23)24-18-12-7-13-19-24;;/h5-19,25-26,28-29H,4,20-21H2,1-3H3;;/q;+1;-1/t25?,26-,28+,29-;;/m1../s1. The minimum absolute atomic E-state index is 0. The van der Waals surface area contributed by atoms with Crippen molar-refractivity contribution in [1.82, 2.24) is 0 Å². The maximum absolute atomic E-state index is 12.3. The zero-order valence-electron chi connectivity index (χ0n) is 23.5. The van der Waals surface area contributed by atoms with Gasteiger partial charge in [-0.2, -0.15) is 0 Å². The van der Waals surface area contributed by atoms with Crippen LogP contribution in [0.5, 0.6) is 0 Å². The zero-order valence-corrected chi connectivity index (χ0v) is 24.5. The molecule has 0 spiro atoms. The van der Waals surface area contributed by atoms with Gasteiger partial charge in [0.1, 0.15) is 23.9 Å². The fourth-order valence-corrected chi connectivity index (χ4v) is 5.43. The van der Waals surface area contributed by atoms with Crippen molar-refractivity contribution < 1.29 is 59.5 Å². The van der Waals surface area contributed by atoms with E-state index in [-0.39, 0.29) is 62.2 Å². The van der Waals surface area contributed by atoms with Gasteiger partial charge in [-0.05, 0) is 37.5 Å². The van der Waals surface area contributed by atoms with Gasteiger partial charge in [0.2, 0.25) is 0 Å². The molecule has 38 heavy (non-hydrogen) atoms. The molecule has 5 rings (SSSR count). The normalized spacial score (nSPS) is 23.9. The number of esters is 1. The van der Waals surface area contributed by atoms with Crippen LogP contribution in [0.4, 0.5) is 0 Å². The van der Waals surface area contributed by atoms with Gasteiger partial charge >= 0.3 is 35.5 Å². The van der Waals surface area contributed by atoms with E-state index in [1.807, 2.05) is 68.4 Å². The number of carbonyl (C=O) groups is 1. The van der Waals surface area contributed by atoms with Crippen LogP contribution in [0.25, 0.3) is 0 Å². The summed E-state index contributed by atoms with van der Waals surface area (Å²) in [5.41, 5.74) is 2.15. The Balaban J connectivity index is 0.00000210. The largest absolute Gasteiger partial charge is 1.00 e. The van der Waals surface area contributed by atoms with Crippen LogP contribution in [0.15, 0.2) is 91.0 Å². The van der Waals surface area contributed by atoms with E-state index in [0.717, 1.165) is 16.7 Å². The maximum Gasteiger partial charge on any atom is 1.00 e. The molecule has 0 amide bonds. The monoisotopic (exact) mass is 526 g/mol. The molecule has 6 nitrogen and oxygen atoms in total. The van der Waals surface area contributed by atoms with E-state index in [2.05, 4.69) is 36.4 Å². The van der Waals surface area contributed by atoms with Crippen molar-refractivity contribution in [2.24, 2.45) is 0 Å². The maximum atomic E-state index is 12.3. The van der Waals surface area contributed by atoms with Gasteiger partial charge in [0.25, 0.3) is 0 Å². The van der Waals surface area contributed by atoms with Crippen LogP contribution in [-0.2, 0) is 34.1 Å². The molecule has 2 fully saturated rings. The molecule has 7 heteroatoms. The number of carbonyl (C=O) groups excluding carboxylic acids is 1. The van der Waals surface area contributed by atoms with E-state index in [1.54, 1.807) is 6.92 Å². The zero-order chi connectivity index (χ0) is 25.9. The fourth-order valence-electron chi connectivity index (χ4n) is 5.43. The van der Waals surface area contributed by atoms with Crippen LogP contribution in [0.3, 0.4) is 0 Å². The first kappa shape index (κ1) is 29.0. The van der Waals surface area contributed by atoms with Crippen LogP contribution in [0.1, 0.15) is 45.3 Å². The summed E-state index contributed by atoms with van der Waals surface area (Å²) in [6, 6.07) is 30.6. The summed E-state index contributed by atoms with van der Waals surface area (Å²) in [4.78, 5) is 12.3.